The fraction of sp³-hybridized carbons (Fsp3) is 0.562. The number of nitrogens with one attached hydrogen (secondary N) is 1. The number of amides is 1. The first-order chi connectivity index (χ1) is 10.1. The van der Waals surface area contributed by atoms with Crippen molar-refractivity contribution in [2.75, 3.05) is 45.3 Å². The molecule has 1 fully saturated rings. The molecule has 2 rings (SSSR count). The summed E-state index contributed by atoms with van der Waals surface area (Å²) in [5, 5.41) is 3.22. The highest BCUT2D eigenvalue weighted by atomic mass is 16.5. The molecule has 1 aliphatic heterocycles. The van der Waals surface area contributed by atoms with Gasteiger partial charge in [0.1, 0.15) is 6.04 Å². The molecule has 0 spiro atoms. The average Bonchev–Trinajstić information content (AvgIpc) is 2.53. The van der Waals surface area contributed by atoms with E-state index in [0.717, 1.165) is 17.8 Å². The van der Waals surface area contributed by atoms with Crippen LogP contribution in [0.1, 0.15) is 12.5 Å². The lowest BCUT2D eigenvalue weighted by Gasteiger charge is -2.29. The van der Waals surface area contributed by atoms with Gasteiger partial charge in [-0.1, -0.05) is 12.1 Å². The highest BCUT2D eigenvalue weighted by Gasteiger charge is 2.25. The second-order valence-electron chi connectivity index (χ2n) is 5.49. The van der Waals surface area contributed by atoms with Crippen molar-refractivity contribution in [3.63, 3.8) is 0 Å². The number of likely N-dealkylation sites (N-methyl/N-ethyl adjacent to an activating group) is 1. The molecular formula is C16H25N3O2. The van der Waals surface area contributed by atoms with Crippen LogP contribution < -0.4 is 10.2 Å². The summed E-state index contributed by atoms with van der Waals surface area (Å²) in [7, 11) is 4.04. The van der Waals surface area contributed by atoms with Gasteiger partial charge in [0.2, 0.25) is 5.91 Å². The van der Waals surface area contributed by atoms with Crippen LogP contribution in [0.5, 0.6) is 0 Å². The monoisotopic (exact) mass is 291 g/mol. The van der Waals surface area contributed by atoms with Gasteiger partial charge in [0.15, 0.2) is 0 Å². The van der Waals surface area contributed by atoms with E-state index in [1.165, 1.54) is 0 Å². The number of morpholine rings is 1. The molecule has 1 atom stereocenters. The predicted octanol–water partition coefficient (Wildman–Crippen LogP) is 1.09. The summed E-state index contributed by atoms with van der Waals surface area (Å²) in [4.78, 5) is 16.4. The van der Waals surface area contributed by atoms with Gasteiger partial charge < -0.3 is 19.9 Å². The Kier molecular flexibility index (Phi) is 5.59. The summed E-state index contributed by atoms with van der Waals surface area (Å²) >= 11 is 0. The smallest absolute Gasteiger partial charge is 0.242 e. The highest BCUT2D eigenvalue weighted by molar-refractivity contribution is 5.82. The number of hydrogen-bond donors (Lipinski definition) is 1. The number of nitrogens with zero attached hydrogens (tertiary/aromatic N) is 2. The van der Waals surface area contributed by atoms with Gasteiger partial charge in [0.25, 0.3) is 0 Å². The number of ether oxygens (including phenoxy) is 1. The average molecular weight is 291 g/mol. The largest absolute Gasteiger partial charge is 0.378 e. The maximum absolute atomic E-state index is 12.5. The molecule has 1 unspecified atom stereocenters. The standard InChI is InChI=1S/C16H25N3O2/c1-4-19(16(20)15-12-21-10-9-17-15)11-13-5-7-14(8-6-13)18(2)3/h5-8,15,17H,4,9-12H2,1-3H3. The van der Waals surface area contributed by atoms with Gasteiger partial charge >= 0.3 is 0 Å². The Hall–Kier alpha value is -1.59. The lowest BCUT2D eigenvalue weighted by Crippen LogP contribution is -2.52. The van der Waals surface area contributed by atoms with Gasteiger partial charge in [-0.25, -0.2) is 0 Å². The Balaban J connectivity index is 1.99. The minimum absolute atomic E-state index is 0.119. The van der Waals surface area contributed by atoms with Crippen molar-refractivity contribution >= 4 is 11.6 Å². The second kappa shape index (κ2) is 7.43. The van der Waals surface area contributed by atoms with Crippen molar-refractivity contribution in [2.24, 2.45) is 0 Å². The van der Waals surface area contributed by atoms with Crippen LogP contribution in [0.4, 0.5) is 5.69 Å². The molecule has 1 aromatic carbocycles. The molecule has 0 aromatic heterocycles. The summed E-state index contributed by atoms with van der Waals surface area (Å²) in [6.07, 6.45) is 0. The maximum atomic E-state index is 12.5. The molecule has 116 valence electrons. The van der Waals surface area contributed by atoms with Crippen molar-refractivity contribution in [3.8, 4) is 0 Å². The minimum Gasteiger partial charge on any atom is -0.378 e. The van der Waals surface area contributed by atoms with Crippen molar-refractivity contribution in [2.45, 2.75) is 19.5 Å². The van der Waals surface area contributed by atoms with E-state index < -0.39 is 0 Å². The molecule has 0 aliphatic carbocycles. The number of rotatable bonds is 5. The Labute approximate surface area is 126 Å². The first kappa shape index (κ1) is 15.8. The van der Waals surface area contributed by atoms with Gasteiger partial charge in [0.05, 0.1) is 13.2 Å². The van der Waals surface area contributed by atoms with Gasteiger partial charge in [-0.2, -0.15) is 0 Å². The number of anilines is 1. The van der Waals surface area contributed by atoms with E-state index in [0.29, 0.717) is 26.3 Å². The molecule has 1 aliphatic rings. The normalized spacial score (nSPS) is 18.3. The summed E-state index contributed by atoms with van der Waals surface area (Å²) < 4.78 is 5.37. The van der Waals surface area contributed by atoms with Crippen molar-refractivity contribution in [3.05, 3.63) is 29.8 Å². The first-order valence-electron chi connectivity index (χ1n) is 7.48. The maximum Gasteiger partial charge on any atom is 0.242 e. The molecule has 21 heavy (non-hydrogen) atoms. The van der Waals surface area contributed by atoms with Gasteiger partial charge in [0, 0.05) is 39.4 Å². The Bertz CT molecular complexity index is 453. The third kappa shape index (κ3) is 4.19. The molecule has 1 aromatic rings. The molecule has 1 heterocycles. The van der Waals surface area contributed by atoms with Crippen LogP contribution in [0.15, 0.2) is 24.3 Å². The minimum atomic E-state index is -0.209. The van der Waals surface area contributed by atoms with Gasteiger partial charge in [-0.15, -0.1) is 0 Å². The Morgan fingerprint density at radius 3 is 2.57 bits per heavy atom. The third-order valence-electron chi connectivity index (χ3n) is 3.74. The van der Waals surface area contributed by atoms with E-state index >= 15 is 0 Å². The molecule has 0 saturated carbocycles. The number of carbonyl (C=O) groups is 1. The number of benzene rings is 1. The molecule has 5 heteroatoms. The van der Waals surface area contributed by atoms with Crippen LogP contribution in [0, 0.1) is 0 Å². The van der Waals surface area contributed by atoms with E-state index in [2.05, 4.69) is 34.5 Å². The van der Waals surface area contributed by atoms with Crippen LogP contribution in [-0.4, -0.2) is 57.2 Å². The quantitative estimate of drug-likeness (QED) is 0.882. The van der Waals surface area contributed by atoms with Gasteiger partial charge in [-0.05, 0) is 24.6 Å². The first-order valence-corrected chi connectivity index (χ1v) is 7.48. The third-order valence-corrected chi connectivity index (χ3v) is 3.74. The Morgan fingerprint density at radius 1 is 1.33 bits per heavy atom. The SMILES string of the molecule is CCN(Cc1ccc(N(C)C)cc1)C(=O)C1COCCN1. The second-order valence-corrected chi connectivity index (χ2v) is 5.49. The molecule has 1 amide bonds. The zero-order valence-corrected chi connectivity index (χ0v) is 13.1. The zero-order chi connectivity index (χ0) is 15.2. The lowest BCUT2D eigenvalue weighted by molar-refractivity contribution is -0.136. The fourth-order valence-corrected chi connectivity index (χ4v) is 2.41. The lowest BCUT2D eigenvalue weighted by atomic mass is 10.1. The molecule has 5 nitrogen and oxygen atoms in total. The van der Waals surface area contributed by atoms with Crippen LogP contribution >= 0.6 is 0 Å². The number of carbonyl (C=O) groups excluding carboxylic acids is 1. The van der Waals surface area contributed by atoms with E-state index in [1.54, 1.807) is 0 Å². The highest BCUT2D eigenvalue weighted by Crippen LogP contribution is 2.14. The van der Waals surface area contributed by atoms with Crippen LogP contribution in [0.25, 0.3) is 0 Å². The van der Waals surface area contributed by atoms with Crippen LogP contribution in [-0.2, 0) is 16.1 Å². The fourth-order valence-electron chi connectivity index (χ4n) is 2.41. The summed E-state index contributed by atoms with van der Waals surface area (Å²) in [6.45, 7) is 5.24. The van der Waals surface area contributed by atoms with E-state index in [9.17, 15) is 4.79 Å². The Morgan fingerprint density at radius 2 is 2.05 bits per heavy atom. The van der Waals surface area contributed by atoms with E-state index in [-0.39, 0.29) is 11.9 Å². The summed E-state index contributed by atoms with van der Waals surface area (Å²) in [6, 6.07) is 8.11. The van der Waals surface area contributed by atoms with Crippen molar-refractivity contribution in [1.29, 1.82) is 0 Å². The van der Waals surface area contributed by atoms with Crippen molar-refractivity contribution in [1.82, 2.24) is 10.2 Å². The summed E-state index contributed by atoms with van der Waals surface area (Å²) in [5.41, 5.74) is 2.31. The van der Waals surface area contributed by atoms with E-state index in [4.69, 9.17) is 4.74 Å². The topological polar surface area (TPSA) is 44.8 Å². The molecular weight excluding hydrogens is 266 g/mol. The van der Waals surface area contributed by atoms with Crippen molar-refractivity contribution < 1.29 is 9.53 Å². The molecule has 1 saturated heterocycles. The van der Waals surface area contributed by atoms with E-state index in [1.807, 2.05) is 25.9 Å². The molecule has 1 N–H and O–H groups in total. The van der Waals surface area contributed by atoms with Gasteiger partial charge in [-0.3, -0.25) is 4.79 Å². The summed E-state index contributed by atoms with van der Waals surface area (Å²) in [5.74, 6) is 0.119. The van der Waals surface area contributed by atoms with Crippen LogP contribution in [0.3, 0.4) is 0 Å². The zero-order valence-electron chi connectivity index (χ0n) is 13.1. The van der Waals surface area contributed by atoms with Crippen LogP contribution in [0.2, 0.25) is 0 Å². The predicted molar refractivity (Wildman–Crippen MR) is 84.5 cm³/mol. The number of hydrogen-bond acceptors (Lipinski definition) is 4. The molecule has 0 bridgehead atoms. The molecule has 0 radical (unpaired) electrons.